The van der Waals surface area contributed by atoms with Crippen LogP contribution in [0.3, 0.4) is 0 Å². The Morgan fingerprint density at radius 1 is 0.840 bits per heavy atom. The highest BCUT2D eigenvalue weighted by Gasteiger charge is 2.16. The summed E-state index contributed by atoms with van der Waals surface area (Å²) in [6.07, 6.45) is 1.07. The van der Waals surface area contributed by atoms with Gasteiger partial charge in [0.15, 0.2) is 0 Å². The summed E-state index contributed by atoms with van der Waals surface area (Å²) in [4.78, 5) is 45.8. The molecule has 25 heavy (non-hydrogen) atoms. The van der Waals surface area contributed by atoms with Gasteiger partial charge < -0.3 is 9.59 Å². The van der Waals surface area contributed by atoms with E-state index < -0.39 is 10.4 Å². The summed E-state index contributed by atoms with van der Waals surface area (Å²) in [5, 5.41) is 0. The number of hydrogen-bond acceptors (Lipinski definition) is 8. The Labute approximate surface area is 148 Å². The molecule has 0 atom stereocenters. The monoisotopic (exact) mass is 378 g/mol. The van der Waals surface area contributed by atoms with Gasteiger partial charge in [-0.05, 0) is 26.2 Å². The van der Waals surface area contributed by atoms with E-state index >= 15 is 0 Å². The van der Waals surface area contributed by atoms with Crippen molar-refractivity contribution < 1.29 is 36.0 Å². The Morgan fingerprint density at radius 2 is 1.32 bits per heavy atom. The molecule has 0 aromatic heterocycles. The van der Waals surface area contributed by atoms with Crippen molar-refractivity contribution in [2.24, 2.45) is 5.92 Å². The van der Waals surface area contributed by atoms with Crippen molar-refractivity contribution in [2.45, 2.75) is 58.8 Å². The minimum atomic E-state index is -4.06. The highest BCUT2D eigenvalue weighted by Crippen LogP contribution is 2.18. The Balaban J connectivity index is 4.10. The summed E-state index contributed by atoms with van der Waals surface area (Å²) in [5.74, 6) is -0.623. The summed E-state index contributed by atoms with van der Waals surface area (Å²) in [5.41, 5.74) is 0. The van der Waals surface area contributed by atoms with Gasteiger partial charge in [-0.25, -0.2) is 4.18 Å². The van der Waals surface area contributed by atoms with Crippen molar-refractivity contribution in [1.82, 2.24) is 0 Å². The average Bonchev–Trinajstić information content (AvgIpc) is 2.49. The first-order chi connectivity index (χ1) is 11.6. The fraction of sp³-hybridized carbons (Fsp3) is 0.750. The van der Waals surface area contributed by atoms with Crippen LogP contribution in [0.15, 0.2) is 0 Å². The quantitative estimate of drug-likeness (QED) is 0.421. The molecule has 0 N–H and O–H groups in total. The van der Waals surface area contributed by atoms with Crippen LogP contribution in [0, 0.1) is 5.92 Å². The van der Waals surface area contributed by atoms with Crippen LogP contribution in [-0.2, 0) is 37.9 Å². The van der Waals surface area contributed by atoms with E-state index in [1.54, 1.807) is 0 Å². The lowest BCUT2D eigenvalue weighted by Crippen LogP contribution is -2.14. The highest BCUT2D eigenvalue weighted by atomic mass is 32.3. The summed E-state index contributed by atoms with van der Waals surface area (Å²) >= 11 is 0. The second-order valence-electron chi connectivity index (χ2n) is 5.94. The van der Waals surface area contributed by atoms with E-state index in [9.17, 15) is 27.6 Å². The number of hydrogen-bond donors (Lipinski definition) is 0. The zero-order chi connectivity index (χ0) is 19.5. The molecule has 0 spiro atoms. The van der Waals surface area contributed by atoms with Gasteiger partial charge in [-0.2, -0.15) is 8.42 Å². The molecule has 144 valence electrons. The SMILES string of the molecule is COS(=O)(=O)OCCC(=O)CCC(=O)CCC(CC(C)=O)CC(C)=O. The second-order valence-corrected chi connectivity index (χ2v) is 7.33. The molecule has 0 radical (unpaired) electrons. The smallest absolute Gasteiger partial charge is 0.300 e. The Morgan fingerprint density at radius 3 is 1.76 bits per heavy atom. The lowest BCUT2D eigenvalue weighted by Gasteiger charge is -2.13. The van der Waals surface area contributed by atoms with Crippen molar-refractivity contribution in [3.8, 4) is 0 Å². The van der Waals surface area contributed by atoms with Crippen molar-refractivity contribution in [1.29, 1.82) is 0 Å². The molecule has 0 amide bonds. The fourth-order valence-corrected chi connectivity index (χ4v) is 2.67. The van der Waals surface area contributed by atoms with Gasteiger partial charge in [-0.1, -0.05) is 0 Å². The van der Waals surface area contributed by atoms with Gasteiger partial charge in [0.05, 0.1) is 13.7 Å². The molecule has 0 aromatic carbocycles. The first-order valence-corrected chi connectivity index (χ1v) is 9.36. The van der Waals surface area contributed by atoms with Crippen LogP contribution in [0.4, 0.5) is 0 Å². The Hall–Kier alpha value is -1.45. The van der Waals surface area contributed by atoms with Crippen LogP contribution < -0.4 is 0 Å². The highest BCUT2D eigenvalue weighted by molar-refractivity contribution is 7.81. The first-order valence-electron chi connectivity index (χ1n) is 8.03. The molecule has 0 saturated carbocycles. The van der Waals surface area contributed by atoms with Crippen LogP contribution in [-0.4, -0.2) is 45.3 Å². The number of carbonyl (C=O) groups is 4. The van der Waals surface area contributed by atoms with E-state index in [1.807, 2.05) is 0 Å². The summed E-state index contributed by atoms with van der Waals surface area (Å²) in [6.45, 7) is 2.56. The molecule has 0 bridgehead atoms. The van der Waals surface area contributed by atoms with Gasteiger partial charge in [0.1, 0.15) is 23.1 Å². The molecule has 0 heterocycles. The van der Waals surface area contributed by atoms with Crippen molar-refractivity contribution in [3.05, 3.63) is 0 Å². The van der Waals surface area contributed by atoms with E-state index in [0.717, 1.165) is 7.11 Å². The van der Waals surface area contributed by atoms with E-state index in [1.165, 1.54) is 13.8 Å². The third-order valence-corrected chi connectivity index (χ3v) is 4.34. The number of Topliss-reactive ketones (excluding diaryl/α,β-unsaturated/α-hetero) is 4. The molecule has 0 fully saturated rings. The number of rotatable bonds is 15. The fourth-order valence-electron chi connectivity index (χ4n) is 2.29. The van der Waals surface area contributed by atoms with Crippen LogP contribution in [0.2, 0.25) is 0 Å². The van der Waals surface area contributed by atoms with Crippen molar-refractivity contribution >= 4 is 33.5 Å². The zero-order valence-electron chi connectivity index (χ0n) is 14.9. The second kappa shape index (κ2) is 12.0. The van der Waals surface area contributed by atoms with Crippen LogP contribution >= 0.6 is 0 Å². The predicted octanol–water partition coefficient (Wildman–Crippen LogP) is 1.56. The normalized spacial score (nSPS) is 11.5. The van der Waals surface area contributed by atoms with Crippen molar-refractivity contribution in [2.75, 3.05) is 13.7 Å². The number of carbonyl (C=O) groups excluding carboxylic acids is 4. The van der Waals surface area contributed by atoms with E-state index in [2.05, 4.69) is 8.37 Å². The van der Waals surface area contributed by atoms with Gasteiger partial charge in [-0.15, -0.1) is 0 Å². The molecule has 0 saturated heterocycles. The Bertz CT molecular complexity index is 563. The molecule has 8 nitrogen and oxygen atoms in total. The van der Waals surface area contributed by atoms with Gasteiger partial charge >= 0.3 is 10.4 Å². The lowest BCUT2D eigenvalue weighted by molar-refractivity contribution is -0.125. The standard InChI is InChI=1S/C16H26O8S/c1-12(17)10-14(11-13(2)18)4-5-15(19)6-7-16(20)8-9-24-25(21,22)23-3/h14H,4-11H2,1-3H3. The molecule has 0 rings (SSSR count). The maximum Gasteiger partial charge on any atom is 0.399 e. The molecule has 0 aromatic rings. The van der Waals surface area contributed by atoms with Gasteiger partial charge in [-0.3, -0.25) is 13.8 Å². The minimum absolute atomic E-state index is 0.000688. The maximum atomic E-state index is 11.8. The molecule has 9 heteroatoms. The third-order valence-electron chi connectivity index (χ3n) is 3.48. The molecule has 0 aliphatic heterocycles. The largest absolute Gasteiger partial charge is 0.399 e. The Kier molecular flexibility index (Phi) is 11.3. The molecule has 0 unspecified atom stereocenters. The average molecular weight is 378 g/mol. The minimum Gasteiger partial charge on any atom is -0.300 e. The maximum absolute atomic E-state index is 11.8. The zero-order valence-corrected chi connectivity index (χ0v) is 15.7. The summed E-state index contributed by atoms with van der Waals surface area (Å²) < 4.78 is 30.2. The molecule has 0 aliphatic rings. The predicted molar refractivity (Wildman–Crippen MR) is 89.1 cm³/mol. The van der Waals surface area contributed by atoms with E-state index in [-0.39, 0.29) is 74.2 Å². The third kappa shape index (κ3) is 13.5. The van der Waals surface area contributed by atoms with Crippen LogP contribution in [0.5, 0.6) is 0 Å². The topological polar surface area (TPSA) is 121 Å². The summed E-state index contributed by atoms with van der Waals surface area (Å²) in [7, 11) is -3.11. The van der Waals surface area contributed by atoms with Crippen LogP contribution in [0.25, 0.3) is 0 Å². The lowest BCUT2D eigenvalue weighted by atomic mass is 9.91. The molecular weight excluding hydrogens is 352 g/mol. The molecular formula is C16H26O8S. The van der Waals surface area contributed by atoms with Gasteiger partial charge in [0.2, 0.25) is 0 Å². The van der Waals surface area contributed by atoms with Crippen molar-refractivity contribution in [3.63, 3.8) is 0 Å². The van der Waals surface area contributed by atoms with E-state index in [4.69, 9.17) is 0 Å². The van der Waals surface area contributed by atoms with Crippen LogP contribution in [0.1, 0.15) is 58.8 Å². The van der Waals surface area contributed by atoms with Gasteiger partial charge in [0, 0.05) is 38.5 Å². The first kappa shape index (κ1) is 23.5. The molecule has 0 aliphatic carbocycles. The summed E-state index contributed by atoms with van der Waals surface area (Å²) in [6, 6.07) is 0. The number of ketones is 4. The van der Waals surface area contributed by atoms with E-state index in [0.29, 0.717) is 6.42 Å². The van der Waals surface area contributed by atoms with Gasteiger partial charge in [0.25, 0.3) is 0 Å².